The standard InChI is InChI=1S/C14H15NO4/c16-13-10-3-1-2-4-12(10)19-14(17)11(13)9-15-5-7-18-8-6-15/h1-4,16H,5-9H2. The number of morpholine rings is 1. The second-order valence-electron chi connectivity index (χ2n) is 4.60. The van der Waals surface area contributed by atoms with E-state index in [4.69, 9.17) is 9.15 Å². The Morgan fingerprint density at radius 2 is 1.95 bits per heavy atom. The molecule has 100 valence electrons. The normalized spacial score (nSPS) is 16.8. The number of hydrogen-bond donors (Lipinski definition) is 1. The highest BCUT2D eigenvalue weighted by Gasteiger charge is 2.18. The molecule has 2 heterocycles. The fraction of sp³-hybridized carbons (Fsp3) is 0.357. The molecule has 1 fully saturated rings. The van der Waals surface area contributed by atoms with Crippen molar-refractivity contribution in [3.63, 3.8) is 0 Å². The largest absolute Gasteiger partial charge is 0.507 e. The van der Waals surface area contributed by atoms with Crippen molar-refractivity contribution in [3.05, 3.63) is 40.2 Å². The summed E-state index contributed by atoms with van der Waals surface area (Å²) in [4.78, 5) is 14.0. The first-order valence-electron chi connectivity index (χ1n) is 6.29. The van der Waals surface area contributed by atoms with Gasteiger partial charge in [-0.25, -0.2) is 4.79 Å². The summed E-state index contributed by atoms with van der Waals surface area (Å²) in [5.74, 6) is 0.0262. The minimum Gasteiger partial charge on any atom is -0.507 e. The van der Waals surface area contributed by atoms with Gasteiger partial charge in [0.15, 0.2) is 0 Å². The zero-order valence-corrected chi connectivity index (χ0v) is 10.5. The van der Waals surface area contributed by atoms with Gasteiger partial charge in [-0.05, 0) is 12.1 Å². The maximum Gasteiger partial charge on any atom is 0.344 e. The van der Waals surface area contributed by atoms with Gasteiger partial charge in [-0.3, -0.25) is 4.90 Å². The summed E-state index contributed by atoms with van der Waals surface area (Å²) in [7, 11) is 0. The first-order chi connectivity index (χ1) is 9.25. The minimum absolute atomic E-state index is 0.0262. The first kappa shape index (κ1) is 12.2. The molecule has 0 radical (unpaired) electrons. The lowest BCUT2D eigenvalue weighted by Crippen LogP contribution is -2.36. The van der Waals surface area contributed by atoms with Crippen molar-refractivity contribution >= 4 is 11.0 Å². The van der Waals surface area contributed by atoms with E-state index < -0.39 is 5.63 Å². The van der Waals surface area contributed by atoms with Crippen LogP contribution in [0.2, 0.25) is 0 Å². The molecule has 0 saturated carbocycles. The monoisotopic (exact) mass is 261 g/mol. The maximum atomic E-state index is 11.9. The zero-order chi connectivity index (χ0) is 13.2. The van der Waals surface area contributed by atoms with E-state index >= 15 is 0 Å². The van der Waals surface area contributed by atoms with Crippen molar-refractivity contribution in [2.24, 2.45) is 0 Å². The number of rotatable bonds is 2. The molecule has 0 spiro atoms. The van der Waals surface area contributed by atoms with Gasteiger partial charge in [0.25, 0.3) is 0 Å². The van der Waals surface area contributed by atoms with Gasteiger partial charge in [-0.1, -0.05) is 12.1 Å². The van der Waals surface area contributed by atoms with E-state index in [9.17, 15) is 9.90 Å². The molecule has 0 amide bonds. The average molecular weight is 261 g/mol. The molecule has 0 bridgehead atoms. The van der Waals surface area contributed by atoms with E-state index in [1.807, 2.05) is 0 Å². The van der Waals surface area contributed by atoms with Gasteiger partial charge >= 0.3 is 5.63 Å². The van der Waals surface area contributed by atoms with Gasteiger partial charge in [0, 0.05) is 19.6 Å². The molecule has 1 N–H and O–H groups in total. The van der Waals surface area contributed by atoms with Crippen molar-refractivity contribution in [2.75, 3.05) is 26.3 Å². The van der Waals surface area contributed by atoms with E-state index in [0.29, 0.717) is 36.3 Å². The van der Waals surface area contributed by atoms with E-state index in [0.717, 1.165) is 13.1 Å². The lowest BCUT2D eigenvalue weighted by molar-refractivity contribution is 0.0335. The lowest BCUT2D eigenvalue weighted by Gasteiger charge is -2.26. The van der Waals surface area contributed by atoms with E-state index in [1.54, 1.807) is 24.3 Å². The van der Waals surface area contributed by atoms with Crippen molar-refractivity contribution in [1.29, 1.82) is 0 Å². The molecule has 3 rings (SSSR count). The van der Waals surface area contributed by atoms with Gasteiger partial charge < -0.3 is 14.3 Å². The van der Waals surface area contributed by atoms with Crippen molar-refractivity contribution in [1.82, 2.24) is 4.90 Å². The Morgan fingerprint density at radius 3 is 2.74 bits per heavy atom. The summed E-state index contributed by atoms with van der Waals surface area (Å²) in [6.07, 6.45) is 0. The van der Waals surface area contributed by atoms with Crippen LogP contribution in [-0.4, -0.2) is 36.3 Å². The summed E-state index contributed by atoms with van der Waals surface area (Å²) in [6, 6.07) is 7.00. The van der Waals surface area contributed by atoms with Crippen molar-refractivity contribution in [2.45, 2.75) is 6.54 Å². The Balaban J connectivity index is 2.00. The number of aromatic hydroxyl groups is 1. The summed E-state index contributed by atoms with van der Waals surface area (Å²) < 4.78 is 10.5. The number of benzene rings is 1. The van der Waals surface area contributed by atoms with Gasteiger partial charge in [0.05, 0.1) is 24.2 Å². The SMILES string of the molecule is O=c1oc2ccccc2c(O)c1CN1CCOCC1. The van der Waals surface area contributed by atoms with Crippen LogP contribution >= 0.6 is 0 Å². The molecular formula is C14H15NO4. The summed E-state index contributed by atoms with van der Waals surface area (Å²) in [5.41, 5.74) is 0.263. The molecular weight excluding hydrogens is 246 g/mol. The predicted octanol–water partition coefficient (Wildman–Crippen LogP) is 1.33. The van der Waals surface area contributed by atoms with Crippen molar-refractivity contribution < 1.29 is 14.3 Å². The molecule has 5 heteroatoms. The number of fused-ring (bicyclic) bond motifs is 1. The van der Waals surface area contributed by atoms with Crippen molar-refractivity contribution in [3.8, 4) is 5.75 Å². The summed E-state index contributed by atoms with van der Waals surface area (Å²) in [5, 5.41) is 10.8. The molecule has 1 aromatic heterocycles. The van der Waals surface area contributed by atoms with Gasteiger partial charge in [-0.2, -0.15) is 0 Å². The van der Waals surface area contributed by atoms with E-state index in [2.05, 4.69) is 4.90 Å². The van der Waals surface area contributed by atoms with Crippen LogP contribution in [0.25, 0.3) is 11.0 Å². The fourth-order valence-electron chi connectivity index (χ4n) is 2.29. The van der Waals surface area contributed by atoms with Crippen LogP contribution in [0.4, 0.5) is 0 Å². The smallest absolute Gasteiger partial charge is 0.344 e. The third-order valence-corrected chi connectivity index (χ3v) is 3.36. The Bertz CT molecular complexity index is 643. The van der Waals surface area contributed by atoms with Crippen LogP contribution in [0.15, 0.2) is 33.5 Å². The second kappa shape index (κ2) is 5.03. The van der Waals surface area contributed by atoms with Crippen LogP contribution in [0.1, 0.15) is 5.56 Å². The molecule has 0 unspecified atom stereocenters. The van der Waals surface area contributed by atoms with E-state index in [-0.39, 0.29) is 5.75 Å². The number of para-hydroxylation sites is 1. The zero-order valence-electron chi connectivity index (χ0n) is 10.5. The molecule has 2 aromatic rings. The Kier molecular flexibility index (Phi) is 3.23. The Hall–Kier alpha value is -1.85. The predicted molar refractivity (Wildman–Crippen MR) is 70.2 cm³/mol. The lowest BCUT2D eigenvalue weighted by atomic mass is 10.1. The Labute approximate surface area is 110 Å². The minimum atomic E-state index is -0.470. The topological polar surface area (TPSA) is 62.9 Å². The van der Waals surface area contributed by atoms with Crippen LogP contribution < -0.4 is 5.63 Å². The van der Waals surface area contributed by atoms with Gasteiger partial charge in [0.1, 0.15) is 11.3 Å². The highest BCUT2D eigenvalue weighted by atomic mass is 16.5. The molecule has 5 nitrogen and oxygen atoms in total. The van der Waals surface area contributed by atoms with E-state index in [1.165, 1.54) is 0 Å². The quantitative estimate of drug-likeness (QED) is 0.826. The van der Waals surface area contributed by atoms with Gasteiger partial charge in [-0.15, -0.1) is 0 Å². The molecule has 1 aromatic carbocycles. The molecule has 0 aliphatic carbocycles. The summed E-state index contributed by atoms with van der Waals surface area (Å²) in [6.45, 7) is 3.21. The average Bonchev–Trinajstić information content (AvgIpc) is 2.45. The molecule has 1 aliphatic heterocycles. The fourth-order valence-corrected chi connectivity index (χ4v) is 2.29. The number of nitrogens with zero attached hydrogens (tertiary/aromatic N) is 1. The molecule has 0 atom stereocenters. The van der Waals surface area contributed by atoms with Gasteiger partial charge in [0.2, 0.25) is 0 Å². The van der Waals surface area contributed by atoms with Crippen LogP contribution in [0, 0.1) is 0 Å². The first-order valence-corrected chi connectivity index (χ1v) is 6.29. The third kappa shape index (κ3) is 2.34. The highest BCUT2D eigenvalue weighted by Crippen LogP contribution is 2.26. The Morgan fingerprint density at radius 1 is 1.21 bits per heavy atom. The highest BCUT2D eigenvalue weighted by molar-refractivity contribution is 5.83. The van der Waals surface area contributed by atoms with Crippen LogP contribution in [-0.2, 0) is 11.3 Å². The molecule has 1 aliphatic rings. The second-order valence-corrected chi connectivity index (χ2v) is 4.60. The number of ether oxygens (including phenoxy) is 1. The van der Waals surface area contributed by atoms with Crippen LogP contribution in [0.3, 0.4) is 0 Å². The molecule has 19 heavy (non-hydrogen) atoms. The van der Waals surface area contributed by atoms with Crippen LogP contribution in [0.5, 0.6) is 5.75 Å². The third-order valence-electron chi connectivity index (χ3n) is 3.36. The maximum absolute atomic E-state index is 11.9. The number of hydrogen-bond acceptors (Lipinski definition) is 5. The summed E-state index contributed by atoms with van der Waals surface area (Å²) >= 11 is 0. The molecule has 1 saturated heterocycles.